The summed E-state index contributed by atoms with van der Waals surface area (Å²) in [6, 6.07) is 4.93. The predicted molar refractivity (Wildman–Crippen MR) is 76.7 cm³/mol. The van der Waals surface area contributed by atoms with E-state index >= 15 is 0 Å². The first-order chi connectivity index (χ1) is 8.92. The third kappa shape index (κ3) is 3.12. The van der Waals surface area contributed by atoms with Gasteiger partial charge in [0.15, 0.2) is 0 Å². The first-order valence-electron chi connectivity index (χ1n) is 5.67. The van der Waals surface area contributed by atoms with Gasteiger partial charge in [-0.1, -0.05) is 0 Å². The third-order valence-electron chi connectivity index (χ3n) is 2.56. The summed E-state index contributed by atoms with van der Waals surface area (Å²) >= 11 is 1.40. The second kappa shape index (κ2) is 5.28. The molecule has 0 aliphatic carbocycles. The number of pyridine rings is 1. The maximum atomic E-state index is 12.3. The minimum Gasteiger partial charge on any atom is -0.326 e. The molecule has 0 aliphatic heterocycles. The van der Waals surface area contributed by atoms with Crippen LogP contribution in [0.15, 0.2) is 29.3 Å². The number of nitrogens with one attached hydrogen (secondary N) is 1. The molecule has 3 N–H and O–H groups in total. The van der Waals surface area contributed by atoms with Crippen LogP contribution in [-0.2, 0) is 16.6 Å². The Balaban J connectivity index is 2.34. The minimum atomic E-state index is -3.57. The lowest BCUT2D eigenvalue weighted by molar-refractivity contribution is 0.601. The van der Waals surface area contributed by atoms with Crippen molar-refractivity contribution in [3.63, 3.8) is 0 Å². The normalized spacial score (nSPS) is 11.5. The maximum Gasteiger partial charge on any atom is 0.263 e. The van der Waals surface area contributed by atoms with Crippen LogP contribution < -0.4 is 10.5 Å². The van der Waals surface area contributed by atoms with Crippen LogP contribution >= 0.6 is 11.3 Å². The van der Waals surface area contributed by atoms with Crippen LogP contribution in [-0.4, -0.2) is 13.4 Å². The molecule has 2 aromatic rings. The molecule has 0 saturated carbocycles. The quantitative estimate of drug-likeness (QED) is 0.904. The Kier molecular flexibility index (Phi) is 3.88. The number of aromatic nitrogens is 1. The highest BCUT2D eigenvalue weighted by atomic mass is 32.2. The van der Waals surface area contributed by atoms with E-state index in [1.165, 1.54) is 11.3 Å². The molecule has 0 aromatic carbocycles. The summed E-state index contributed by atoms with van der Waals surface area (Å²) in [4.78, 5) is 5.90. The van der Waals surface area contributed by atoms with Crippen LogP contribution in [0.5, 0.6) is 0 Å². The molecular weight excluding hydrogens is 282 g/mol. The van der Waals surface area contributed by atoms with E-state index in [-0.39, 0.29) is 4.90 Å². The van der Waals surface area contributed by atoms with Gasteiger partial charge in [0.1, 0.15) is 4.90 Å². The van der Waals surface area contributed by atoms with Crippen molar-refractivity contribution in [2.24, 2.45) is 5.73 Å². The number of hydrogen-bond donors (Lipinski definition) is 2. The summed E-state index contributed by atoms with van der Waals surface area (Å²) in [5, 5.41) is 0. The average Bonchev–Trinajstić information content (AvgIpc) is 2.71. The Bertz CT molecular complexity index is 693. The van der Waals surface area contributed by atoms with Crippen molar-refractivity contribution < 1.29 is 8.42 Å². The van der Waals surface area contributed by atoms with Gasteiger partial charge in [-0.2, -0.15) is 0 Å². The van der Waals surface area contributed by atoms with Gasteiger partial charge in [0.2, 0.25) is 0 Å². The first-order valence-corrected chi connectivity index (χ1v) is 7.97. The van der Waals surface area contributed by atoms with Crippen LogP contribution in [0.2, 0.25) is 0 Å². The van der Waals surface area contributed by atoms with E-state index in [0.29, 0.717) is 12.2 Å². The van der Waals surface area contributed by atoms with Crippen molar-refractivity contribution >= 4 is 27.0 Å². The zero-order valence-corrected chi connectivity index (χ0v) is 12.3. The lowest BCUT2D eigenvalue weighted by Crippen LogP contribution is -2.13. The molecule has 0 aliphatic rings. The number of anilines is 1. The molecule has 0 radical (unpaired) electrons. The molecule has 2 aromatic heterocycles. The highest BCUT2D eigenvalue weighted by Crippen LogP contribution is 2.27. The highest BCUT2D eigenvalue weighted by molar-refractivity contribution is 7.93. The van der Waals surface area contributed by atoms with Crippen LogP contribution in [0.4, 0.5) is 5.69 Å². The summed E-state index contributed by atoms with van der Waals surface area (Å²) in [6.07, 6.45) is 1.57. The zero-order chi connectivity index (χ0) is 14.0. The Morgan fingerprint density at radius 2 is 2.11 bits per heavy atom. The van der Waals surface area contributed by atoms with E-state index in [1.54, 1.807) is 38.2 Å². The van der Waals surface area contributed by atoms with Crippen LogP contribution in [0.3, 0.4) is 0 Å². The highest BCUT2D eigenvalue weighted by Gasteiger charge is 2.19. The van der Waals surface area contributed by atoms with Gasteiger partial charge in [-0.15, -0.1) is 11.3 Å². The van der Waals surface area contributed by atoms with Gasteiger partial charge < -0.3 is 5.73 Å². The SMILES string of the molecule is Cc1cc(NS(=O)(=O)c2cc(CN)sc2C)ccn1. The molecule has 0 amide bonds. The molecule has 102 valence electrons. The molecule has 0 fully saturated rings. The largest absolute Gasteiger partial charge is 0.326 e. The van der Waals surface area contributed by atoms with E-state index in [9.17, 15) is 8.42 Å². The van der Waals surface area contributed by atoms with E-state index in [2.05, 4.69) is 9.71 Å². The summed E-state index contributed by atoms with van der Waals surface area (Å²) in [6.45, 7) is 3.92. The lowest BCUT2D eigenvalue weighted by Gasteiger charge is -2.07. The Morgan fingerprint density at radius 1 is 1.37 bits per heavy atom. The van der Waals surface area contributed by atoms with Crippen LogP contribution in [0.1, 0.15) is 15.4 Å². The topological polar surface area (TPSA) is 85.1 Å². The van der Waals surface area contributed by atoms with Crippen molar-refractivity contribution in [1.29, 1.82) is 0 Å². The van der Waals surface area contributed by atoms with Gasteiger partial charge in [-0.3, -0.25) is 9.71 Å². The summed E-state index contributed by atoms with van der Waals surface area (Å²) in [5.41, 5.74) is 6.80. The van der Waals surface area contributed by atoms with E-state index in [1.807, 2.05) is 0 Å². The maximum absolute atomic E-state index is 12.3. The molecule has 2 heterocycles. The van der Waals surface area contributed by atoms with Crippen molar-refractivity contribution in [2.45, 2.75) is 25.3 Å². The first kappa shape index (κ1) is 14.0. The standard InChI is InChI=1S/C12H15N3O2S2/c1-8-5-10(3-4-14-8)15-19(16,17)12-6-11(7-13)18-9(12)2/h3-6H,7,13H2,1-2H3,(H,14,15). The van der Waals surface area contributed by atoms with Gasteiger partial charge in [0.25, 0.3) is 10.0 Å². The van der Waals surface area contributed by atoms with Crippen molar-refractivity contribution in [1.82, 2.24) is 4.98 Å². The number of thiophene rings is 1. The Morgan fingerprint density at radius 3 is 2.68 bits per heavy atom. The minimum absolute atomic E-state index is 0.285. The summed E-state index contributed by atoms with van der Waals surface area (Å²) in [5.74, 6) is 0. The van der Waals surface area contributed by atoms with Gasteiger partial charge in [-0.05, 0) is 32.0 Å². The number of nitrogens with zero attached hydrogens (tertiary/aromatic N) is 1. The van der Waals surface area contributed by atoms with E-state index in [0.717, 1.165) is 15.4 Å². The fraction of sp³-hybridized carbons (Fsp3) is 0.250. The van der Waals surface area contributed by atoms with Gasteiger partial charge in [0, 0.05) is 28.2 Å². The van der Waals surface area contributed by atoms with E-state index in [4.69, 9.17) is 5.73 Å². The molecule has 0 bridgehead atoms. The fourth-order valence-electron chi connectivity index (χ4n) is 1.71. The molecule has 0 atom stereocenters. The van der Waals surface area contributed by atoms with E-state index < -0.39 is 10.0 Å². The number of nitrogens with two attached hydrogens (primary N) is 1. The van der Waals surface area contributed by atoms with Crippen LogP contribution in [0.25, 0.3) is 0 Å². The number of hydrogen-bond acceptors (Lipinski definition) is 5. The molecular formula is C12H15N3O2S2. The average molecular weight is 297 g/mol. The number of aryl methyl sites for hydroxylation is 2. The summed E-state index contributed by atoms with van der Waals surface area (Å²) in [7, 11) is -3.57. The fourth-order valence-corrected chi connectivity index (χ4v) is 4.28. The predicted octanol–water partition coefficient (Wildman–Crippen LogP) is 2.02. The lowest BCUT2D eigenvalue weighted by atomic mass is 10.3. The molecule has 7 heteroatoms. The van der Waals surface area contributed by atoms with Gasteiger partial charge in [0.05, 0.1) is 5.69 Å². The molecule has 0 unspecified atom stereocenters. The third-order valence-corrected chi connectivity index (χ3v) is 5.27. The Labute approximate surface area is 116 Å². The second-order valence-corrected chi connectivity index (χ2v) is 7.12. The second-order valence-electron chi connectivity index (χ2n) is 4.13. The number of sulfonamides is 1. The molecule has 5 nitrogen and oxygen atoms in total. The van der Waals surface area contributed by atoms with Crippen molar-refractivity contribution in [3.8, 4) is 0 Å². The van der Waals surface area contributed by atoms with Crippen LogP contribution in [0, 0.1) is 13.8 Å². The van der Waals surface area contributed by atoms with Gasteiger partial charge >= 0.3 is 0 Å². The molecule has 2 rings (SSSR count). The summed E-state index contributed by atoms with van der Waals surface area (Å²) < 4.78 is 27.1. The number of rotatable bonds is 4. The molecule has 0 saturated heterocycles. The monoisotopic (exact) mass is 297 g/mol. The molecule has 19 heavy (non-hydrogen) atoms. The van der Waals surface area contributed by atoms with Crippen molar-refractivity contribution in [3.05, 3.63) is 39.8 Å². The zero-order valence-electron chi connectivity index (χ0n) is 10.7. The van der Waals surface area contributed by atoms with Crippen molar-refractivity contribution in [2.75, 3.05) is 4.72 Å². The smallest absolute Gasteiger partial charge is 0.263 e. The Hall–Kier alpha value is -1.44. The molecule has 0 spiro atoms. The van der Waals surface area contributed by atoms with Gasteiger partial charge in [-0.25, -0.2) is 8.42 Å².